The fourth-order valence-corrected chi connectivity index (χ4v) is 2.90. The summed E-state index contributed by atoms with van der Waals surface area (Å²) in [6.07, 6.45) is 2.83. The molecule has 0 bridgehead atoms. The van der Waals surface area contributed by atoms with Gasteiger partial charge < -0.3 is 5.32 Å². The molecule has 0 fully saturated rings. The van der Waals surface area contributed by atoms with Crippen molar-refractivity contribution in [1.82, 2.24) is 9.97 Å². The summed E-state index contributed by atoms with van der Waals surface area (Å²) in [5.41, 5.74) is 1.23. The quantitative estimate of drug-likeness (QED) is 0.795. The first-order chi connectivity index (χ1) is 10.4. The molecule has 0 aliphatic rings. The first-order valence-corrected chi connectivity index (χ1v) is 8.69. The normalized spacial score (nSPS) is 11.5. The van der Waals surface area contributed by atoms with Gasteiger partial charge in [-0.05, 0) is 24.3 Å². The van der Waals surface area contributed by atoms with Crippen molar-refractivity contribution in [3.05, 3.63) is 53.7 Å². The van der Waals surface area contributed by atoms with Gasteiger partial charge in [0.2, 0.25) is 5.95 Å². The van der Waals surface area contributed by atoms with Crippen LogP contribution in [-0.2, 0) is 9.84 Å². The molecular formula is C15H12ClN3O2S. The van der Waals surface area contributed by atoms with Crippen molar-refractivity contribution >= 4 is 44.0 Å². The first kappa shape index (κ1) is 14.7. The molecule has 0 atom stereocenters. The molecule has 3 aromatic rings. The Morgan fingerprint density at radius 1 is 1.14 bits per heavy atom. The molecule has 0 saturated heterocycles. The molecule has 1 aromatic heterocycles. The van der Waals surface area contributed by atoms with E-state index in [1.54, 1.807) is 30.5 Å². The van der Waals surface area contributed by atoms with E-state index in [1.807, 2.05) is 12.1 Å². The Kier molecular flexibility index (Phi) is 3.72. The van der Waals surface area contributed by atoms with E-state index in [4.69, 9.17) is 11.6 Å². The number of nitrogens with one attached hydrogen (secondary N) is 1. The van der Waals surface area contributed by atoms with E-state index in [0.717, 1.165) is 5.39 Å². The van der Waals surface area contributed by atoms with Gasteiger partial charge in [0.05, 0.1) is 15.4 Å². The van der Waals surface area contributed by atoms with Crippen LogP contribution in [0.1, 0.15) is 0 Å². The number of halogens is 1. The fourth-order valence-electron chi connectivity index (χ4n) is 2.01. The van der Waals surface area contributed by atoms with Crippen LogP contribution in [0.4, 0.5) is 11.6 Å². The van der Waals surface area contributed by atoms with Crippen molar-refractivity contribution in [2.24, 2.45) is 0 Å². The molecule has 112 valence electrons. The van der Waals surface area contributed by atoms with Crippen molar-refractivity contribution in [3.63, 3.8) is 0 Å². The zero-order chi connectivity index (χ0) is 15.7. The van der Waals surface area contributed by atoms with E-state index in [1.165, 1.54) is 12.3 Å². The molecule has 2 aromatic carbocycles. The average Bonchev–Trinajstić information content (AvgIpc) is 2.48. The van der Waals surface area contributed by atoms with Crippen molar-refractivity contribution in [2.45, 2.75) is 4.90 Å². The van der Waals surface area contributed by atoms with Gasteiger partial charge in [0.25, 0.3) is 0 Å². The Balaban J connectivity index is 1.98. The number of hydrogen-bond donors (Lipinski definition) is 1. The monoisotopic (exact) mass is 333 g/mol. The van der Waals surface area contributed by atoms with Gasteiger partial charge in [0.1, 0.15) is 0 Å². The third-order valence-electron chi connectivity index (χ3n) is 3.08. The third kappa shape index (κ3) is 3.03. The van der Waals surface area contributed by atoms with Crippen molar-refractivity contribution in [2.75, 3.05) is 11.6 Å². The summed E-state index contributed by atoms with van der Waals surface area (Å²) in [7, 11) is -3.26. The molecule has 0 amide bonds. The number of anilines is 2. The molecule has 0 saturated carbocycles. The molecule has 22 heavy (non-hydrogen) atoms. The summed E-state index contributed by atoms with van der Waals surface area (Å²) < 4.78 is 23.2. The number of rotatable bonds is 3. The lowest BCUT2D eigenvalue weighted by Gasteiger charge is -2.07. The Labute approximate surface area is 132 Å². The van der Waals surface area contributed by atoms with Crippen molar-refractivity contribution in [1.29, 1.82) is 0 Å². The SMILES string of the molecule is CS(=O)(=O)c1cccc(Nc2ncc3cccc(Cl)c3n2)c1. The molecule has 1 N–H and O–H groups in total. The minimum Gasteiger partial charge on any atom is -0.324 e. The smallest absolute Gasteiger partial charge is 0.227 e. The zero-order valence-electron chi connectivity index (χ0n) is 11.6. The predicted octanol–water partition coefficient (Wildman–Crippen LogP) is 3.43. The van der Waals surface area contributed by atoms with Crippen LogP contribution in [0.3, 0.4) is 0 Å². The Hall–Kier alpha value is -2.18. The molecule has 5 nitrogen and oxygen atoms in total. The van der Waals surface area contributed by atoms with E-state index in [0.29, 0.717) is 22.2 Å². The summed E-state index contributed by atoms with van der Waals surface area (Å²) in [6.45, 7) is 0. The number of aromatic nitrogens is 2. The highest BCUT2D eigenvalue weighted by Crippen LogP contribution is 2.23. The Morgan fingerprint density at radius 3 is 2.68 bits per heavy atom. The Bertz CT molecular complexity index is 958. The third-order valence-corrected chi connectivity index (χ3v) is 4.50. The van der Waals surface area contributed by atoms with E-state index in [2.05, 4.69) is 15.3 Å². The molecule has 0 aliphatic heterocycles. The van der Waals surface area contributed by atoms with Gasteiger partial charge in [-0.25, -0.2) is 18.4 Å². The summed E-state index contributed by atoms with van der Waals surface area (Å²) >= 11 is 6.12. The molecule has 1 heterocycles. The number of para-hydroxylation sites is 1. The second-order valence-corrected chi connectivity index (χ2v) is 7.22. The molecule has 0 aliphatic carbocycles. The molecule has 3 rings (SSSR count). The molecule has 0 unspecified atom stereocenters. The predicted molar refractivity (Wildman–Crippen MR) is 87.4 cm³/mol. The van der Waals surface area contributed by atoms with Gasteiger partial charge in [-0.3, -0.25) is 0 Å². The minimum absolute atomic E-state index is 0.233. The highest BCUT2D eigenvalue weighted by Gasteiger charge is 2.08. The second kappa shape index (κ2) is 5.55. The molecule has 0 radical (unpaired) electrons. The topological polar surface area (TPSA) is 72.0 Å². The summed E-state index contributed by atoms with van der Waals surface area (Å²) in [5, 5.41) is 4.36. The average molecular weight is 334 g/mol. The van der Waals surface area contributed by atoms with Crippen molar-refractivity contribution in [3.8, 4) is 0 Å². The van der Waals surface area contributed by atoms with E-state index in [-0.39, 0.29) is 4.90 Å². The summed E-state index contributed by atoms with van der Waals surface area (Å²) in [5.74, 6) is 0.353. The lowest BCUT2D eigenvalue weighted by atomic mass is 10.2. The van der Waals surface area contributed by atoms with Gasteiger partial charge >= 0.3 is 0 Å². The maximum Gasteiger partial charge on any atom is 0.227 e. The van der Waals surface area contributed by atoms with Crippen molar-refractivity contribution < 1.29 is 8.42 Å². The number of hydrogen-bond acceptors (Lipinski definition) is 5. The number of fused-ring (bicyclic) bond motifs is 1. The maximum absolute atomic E-state index is 11.6. The van der Waals surface area contributed by atoms with E-state index >= 15 is 0 Å². The van der Waals surface area contributed by atoms with Gasteiger partial charge in [-0.2, -0.15) is 0 Å². The van der Waals surface area contributed by atoms with Crippen LogP contribution in [0.25, 0.3) is 10.9 Å². The molecule has 0 spiro atoms. The second-order valence-electron chi connectivity index (χ2n) is 4.80. The van der Waals surface area contributed by atoms with Gasteiger partial charge in [0.15, 0.2) is 9.84 Å². The van der Waals surface area contributed by atoms with Gasteiger partial charge in [0, 0.05) is 23.5 Å². The largest absolute Gasteiger partial charge is 0.324 e. The van der Waals surface area contributed by atoms with Crippen LogP contribution in [0, 0.1) is 0 Å². The van der Waals surface area contributed by atoms with Crippen LogP contribution < -0.4 is 5.32 Å². The zero-order valence-corrected chi connectivity index (χ0v) is 13.2. The lowest BCUT2D eigenvalue weighted by Crippen LogP contribution is -2.00. The maximum atomic E-state index is 11.6. The molecular weight excluding hydrogens is 322 g/mol. The standard InChI is InChI=1S/C15H12ClN3O2S/c1-22(20,21)12-6-3-5-11(8-12)18-15-17-9-10-4-2-7-13(16)14(10)19-15/h2-9H,1H3,(H,17,18,19). The highest BCUT2D eigenvalue weighted by molar-refractivity contribution is 7.90. The van der Waals surface area contributed by atoms with Crippen LogP contribution >= 0.6 is 11.6 Å². The molecule has 7 heteroatoms. The lowest BCUT2D eigenvalue weighted by molar-refractivity contribution is 0.602. The van der Waals surface area contributed by atoms with Crippen LogP contribution in [0.15, 0.2) is 53.6 Å². The summed E-state index contributed by atoms with van der Waals surface area (Å²) in [4.78, 5) is 8.80. The van der Waals surface area contributed by atoms with Gasteiger partial charge in [-0.1, -0.05) is 29.8 Å². The van der Waals surface area contributed by atoms with E-state index < -0.39 is 9.84 Å². The highest BCUT2D eigenvalue weighted by atomic mass is 35.5. The van der Waals surface area contributed by atoms with Crippen LogP contribution in [0.5, 0.6) is 0 Å². The summed E-state index contributed by atoms with van der Waals surface area (Å²) in [6, 6.07) is 11.9. The van der Waals surface area contributed by atoms with E-state index in [9.17, 15) is 8.42 Å². The number of benzene rings is 2. The Morgan fingerprint density at radius 2 is 1.91 bits per heavy atom. The fraction of sp³-hybridized carbons (Fsp3) is 0.0667. The van der Waals surface area contributed by atoms with Crippen LogP contribution in [-0.4, -0.2) is 24.6 Å². The first-order valence-electron chi connectivity index (χ1n) is 6.42. The number of sulfone groups is 1. The van der Waals surface area contributed by atoms with Crippen LogP contribution in [0.2, 0.25) is 5.02 Å². The minimum atomic E-state index is -3.26. The number of nitrogens with zero attached hydrogens (tertiary/aromatic N) is 2. The van der Waals surface area contributed by atoms with Gasteiger partial charge in [-0.15, -0.1) is 0 Å².